The van der Waals surface area contributed by atoms with Crippen LogP contribution in [0.2, 0.25) is 10.0 Å². The molecule has 0 heterocycles. The number of phenols is 1. The lowest BCUT2D eigenvalue weighted by Gasteiger charge is -2.12. The summed E-state index contributed by atoms with van der Waals surface area (Å²) in [4.78, 5) is 0. The highest BCUT2D eigenvalue weighted by molar-refractivity contribution is 6.43. The lowest BCUT2D eigenvalue weighted by molar-refractivity contribution is 0.475. The molecule has 0 atom stereocenters. The molecule has 0 bridgehead atoms. The lowest BCUT2D eigenvalue weighted by atomic mass is 9.94. The van der Waals surface area contributed by atoms with Crippen molar-refractivity contribution in [2.75, 3.05) is 0 Å². The molecule has 0 spiro atoms. The van der Waals surface area contributed by atoms with Gasteiger partial charge >= 0.3 is 0 Å². The van der Waals surface area contributed by atoms with Gasteiger partial charge in [0.05, 0.1) is 10.0 Å². The van der Waals surface area contributed by atoms with Gasteiger partial charge in [0.15, 0.2) is 0 Å². The molecule has 104 valence electrons. The summed E-state index contributed by atoms with van der Waals surface area (Å²) in [6.45, 7) is 0. The van der Waals surface area contributed by atoms with Crippen molar-refractivity contribution in [1.82, 2.24) is 0 Å². The molecule has 3 aromatic rings. The molecule has 3 aromatic carbocycles. The van der Waals surface area contributed by atoms with Crippen LogP contribution in [-0.4, -0.2) is 5.11 Å². The molecule has 3 rings (SSSR count). The summed E-state index contributed by atoms with van der Waals surface area (Å²) < 4.78 is 0. The van der Waals surface area contributed by atoms with Crippen LogP contribution >= 0.6 is 23.2 Å². The number of benzene rings is 3. The maximum absolute atomic E-state index is 9.43. The highest BCUT2D eigenvalue weighted by Crippen LogP contribution is 2.38. The third kappa shape index (κ3) is 2.76. The number of halogens is 2. The van der Waals surface area contributed by atoms with Gasteiger partial charge in [0.2, 0.25) is 0 Å². The fraction of sp³-hybridized carbons (Fsp3) is 0. The third-order valence-corrected chi connectivity index (χ3v) is 4.17. The first kappa shape index (κ1) is 14.0. The van der Waals surface area contributed by atoms with Gasteiger partial charge in [-0.2, -0.15) is 0 Å². The van der Waals surface area contributed by atoms with Crippen molar-refractivity contribution in [3.05, 3.63) is 76.8 Å². The Morgan fingerprint density at radius 2 is 1.24 bits per heavy atom. The molecule has 21 heavy (non-hydrogen) atoms. The number of hydrogen-bond donors (Lipinski definition) is 1. The van der Waals surface area contributed by atoms with Crippen molar-refractivity contribution in [1.29, 1.82) is 0 Å². The van der Waals surface area contributed by atoms with Crippen molar-refractivity contribution < 1.29 is 5.11 Å². The van der Waals surface area contributed by atoms with E-state index < -0.39 is 0 Å². The molecular formula is C18H12Cl2O. The first-order valence-electron chi connectivity index (χ1n) is 6.49. The maximum Gasteiger partial charge on any atom is 0.115 e. The van der Waals surface area contributed by atoms with Gasteiger partial charge in [-0.1, -0.05) is 71.7 Å². The minimum atomic E-state index is 0.247. The smallest absolute Gasteiger partial charge is 0.115 e. The normalized spacial score (nSPS) is 10.6. The molecule has 0 radical (unpaired) electrons. The highest BCUT2D eigenvalue weighted by Gasteiger charge is 2.11. The Balaban J connectivity index is 2.21. The molecular weight excluding hydrogens is 303 g/mol. The second-order valence-electron chi connectivity index (χ2n) is 4.69. The van der Waals surface area contributed by atoms with E-state index in [1.807, 2.05) is 48.5 Å². The van der Waals surface area contributed by atoms with Gasteiger partial charge in [-0.05, 0) is 34.9 Å². The van der Waals surface area contributed by atoms with Gasteiger partial charge in [-0.25, -0.2) is 0 Å². The minimum absolute atomic E-state index is 0.247. The zero-order valence-corrected chi connectivity index (χ0v) is 12.6. The van der Waals surface area contributed by atoms with Crippen LogP contribution in [0.15, 0.2) is 66.7 Å². The van der Waals surface area contributed by atoms with E-state index in [1.54, 1.807) is 18.2 Å². The van der Waals surface area contributed by atoms with Crippen LogP contribution in [0.5, 0.6) is 5.75 Å². The molecule has 0 saturated heterocycles. The molecule has 0 amide bonds. The van der Waals surface area contributed by atoms with E-state index in [0.717, 1.165) is 22.3 Å². The Labute approximate surface area is 133 Å². The van der Waals surface area contributed by atoms with Crippen molar-refractivity contribution in [2.45, 2.75) is 0 Å². The summed E-state index contributed by atoms with van der Waals surface area (Å²) in [7, 11) is 0. The number of rotatable bonds is 2. The summed E-state index contributed by atoms with van der Waals surface area (Å²) in [5.74, 6) is 0.247. The van der Waals surface area contributed by atoms with Crippen molar-refractivity contribution in [3.8, 4) is 28.0 Å². The second-order valence-corrected chi connectivity index (χ2v) is 5.48. The van der Waals surface area contributed by atoms with Crippen molar-refractivity contribution >= 4 is 23.2 Å². The van der Waals surface area contributed by atoms with Crippen LogP contribution in [0.1, 0.15) is 0 Å². The van der Waals surface area contributed by atoms with E-state index in [-0.39, 0.29) is 5.75 Å². The largest absolute Gasteiger partial charge is 0.508 e. The summed E-state index contributed by atoms with van der Waals surface area (Å²) in [5.41, 5.74) is 3.96. The molecule has 0 aromatic heterocycles. The Kier molecular flexibility index (Phi) is 3.87. The lowest BCUT2D eigenvalue weighted by Crippen LogP contribution is -1.86. The number of hydrogen-bond acceptors (Lipinski definition) is 1. The fourth-order valence-corrected chi connectivity index (χ4v) is 2.72. The molecule has 3 heteroatoms. The van der Waals surface area contributed by atoms with Crippen LogP contribution < -0.4 is 0 Å². The Morgan fingerprint density at radius 1 is 0.619 bits per heavy atom. The van der Waals surface area contributed by atoms with Crippen LogP contribution in [0.25, 0.3) is 22.3 Å². The summed E-state index contributed by atoms with van der Waals surface area (Å²) >= 11 is 12.5. The van der Waals surface area contributed by atoms with Crippen molar-refractivity contribution in [3.63, 3.8) is 0 Å². The van der Waals surface area contributed by atoms with Gasteiger partial charge in [0.1, 0.15) is 5.75 Å². The minimum Gasteiger partial charge on any atom is -0.508 e. The molecule has 1 nitrogen and oxygen atoms in total. The first-order valence-corrected chi connectivity index (χ1v) is 7.25. The second kappa shape index (κ2) is 5.80. The van der Waals surface area contributed by atoms with Gasteiger partial charge in [0.25, 0.3) is 0 Å². The predicted molar refractivity (Wildman–Crippen MR) is 89.0 cm³/mol. The van der Waals surface area contributed by atoms with E-state index in [2.05, 4.69) is 0 Å². The van der Waals surface area contributed by atoms with Crippen molar-refractivity contribution in [2.24, 2.45) is 0 Å². The zero-order valence-electron chi connectivity index (χ0n) is 11.1. The standard InChI is InChI=1S/C18H12Cl2O/c19-17-7-3-6-16(18(17)20)15-5-2-1-4-14(15)12-8-10-13(21)11-9-12/h1-11,21H. The number of phenolic OH excluding ortho intramolecular Hbond substituents is 1. The molecule has 1 N–H and O–H groups in total. The molecule has 0 unspecified atom stereocenters. The summed E-state index contributed by atoms with van der Waals surface area (Å²) in [6, 6.07) is 20.7. The molecule has 0 aliphatic carbocycles. The SMILES string of the molecule is Oc1ccc(-c2ccccc2-c2cccc(Cl)c2Cl)cc1. The van der Waals surface area contributed by atoms with Gasteiger partial charge in [-0.3, -0.25) is 0 Å². The highest BCUT2D eigenvalue weighted by atomic mass is 35.5. The van der Waals surface area contributed by atoms with Crippen LogP contribution in [0.4, 0.5) is 0 Å². The Bertz CT molecular complexity index is 779. The van der Waals surface area contributed by atoms with Crippen LogP contribution in [0, 0.1) is 0 Å². The summed E-state index contributed by atoms with van der Waals surface area (Å²) in [6.07, 6.45) is 0. The van der Waals surface area contributed by atoms with E-state index in [1.165, 1.54) is 0 Å². The molecule has 0 aliphatic heterocycles. The van der Waals surface area contributed by atoms with Crippen LogP contribution in [-0.2, 0) is 0 Å². The number of aromatic hydroxyl groups is 1. The monoisotopic (exact) mass is 314 g/mol. The van der Waals surface area contributed by atoms with Gasteiger partial charge in [-0.15, -0.1) is 0 Å². The van der Waals surface area contributed by atoms with E-state index in [4.69, 9.17) is 23.2 Å². The Hall–Kier alpha value is -1.96. The van der Waals surface area contributed by atoms with E-state index >= 15 is 0 Å². The topological polar surface area (TPSA) is 20.2 Å². The zero-order chi connectivity index (χ0) is 14.8. The maximum atomic E-state index is 9.43. The molecule has 0 saturated carbocycles. The Morgan fingerprint density at radius 3 is 1.95 bits per heavy atom. The molecule has 0 fully saturated rings. The predicted octanol–water partition coefficient (Wildman–Crippen LogP) is 6.03. The first-order chi connectivity index (χ1) is 10.2. The van der Waals surface area contributed by atoms with Gasteiger partial charge in [0, 0.05) is 5.56 Å². The fourth-order valence-electron chi connectivity index (χ4n) is 2.32. The van der Waals surface area contributed by atoms with E-state index in [0.29, 0.717) is 10.0 Å². The van der Waals surface area contributed by atoms with Gasteiger partial charge < -0.3 is 5.11 Å². The average Bonchev–Trinajstić information content (AvgIpc) is 2.51. The third-order valence-electron chi connectivity index (χ3n) is 3.35. The average molecular weight is 315 g/mol. The quantitative estimate of drug-likeness (QED) is 0.612. The van der Waals surface area contributed by atoms with Crippen LogP contribution in [0.3, 0.4) is 0 Å². The molecule has 0 aliphatic rings. The van der Waals surface area contributed by atoms with E-state index in [9.17, 15) is 5.11 Å². The summed E-state index contributed by atoms with van der Waals surface area (Å²) in [5, 5.41) is 10.5.